The van der Waals surface area contributed by atoms with E-state index in [2.05, 4.69) is 6.58 Å². The molecule has 2 aromatic rings. The fraction of sp³-hybridized carbons (Fsp3) is 0.348. The molecule has 0 radical (unpaired) electrons. The minimum atomic E-state index is -4.14. The van der Waals surface area contributed by atoms with Crippen molar-refractivity contribution in [3.05, 3.63) is 72.3 Å². The average Bonchev–Trinajstić information content (AvgIpc) is 2.78. The molecule has 0 bridgehead atoms. The standard InChI is InChI=1S/C23H29NO6S/c1-6-15-23(2,22(25)30-5)31(26,27)24(16-18-7-11-20(28-3)12-8-18)17-19-9-13-21(29-4)14-10-19/h6-14H,1,15-17H2,2-5H3/t23-/m1/s1. The van der Waals surface area contributed by atoms with E-state index in [-0.39, 0.29) is 19.5 Å². The first-order chi connectivity index (χ1) is 14.7. The molecule has 0 N–H and O–H groups in total. The maximum Gasteiger partial charge on any atom is 0.328 e. The molecular formula is C23H29NO6S. The van der Waals surface area contributed by atoms with Crippen molar-refractivity contribution in [1.82, 2.24) is 4.31 Å². The van der Waals surface area contributed by atoms with E-state index in [4.69, 9.17) is 14.2 Å². The molecule has 2 rings (SSSR count). The van der Waals surface area contributed by atoms with E-state index in [1.54, 1.807) is 62.8 Å². The average molecular weight is 448 g/mol. The maximum absolute atomic E-state index is 13.7. The molecule has 0 fully saturated rings. The van der Waals surface area contributed by atoms with Gasteiger partial charge in [0.2, 0.25) is 10.0 Å². The van der Waals surface area contributed by atoms with Crippen LogP contribution in [0.25, 0.3) is 0 Å². The molecule has 0 aliphatic carbocycles. The van der Waals surface area contributed by atoms with Gasteiger partial charge in [-0.25, -0.2) is 8.42 Å². The lowest BCUT2D eigenvalue weighted by atomic mass is 10.1. The highest BCUT2D eigenvalue weighted by Crippen LogP contribution is 2.30. The summed E-state index contributed by atoms with van der Waals surface area (Å²) >= 11 is 0. The summed E-state index contributed by atoms with van der Waals surface area (Å²) in [5.74, 6) is 0.501. The molecule has 0 aliphatic heterocycles. The van der Waals surface area contributed by atoms with Crippen molar-refractivity contribution in [3.63, 3.8) is 0 Å². The lowest BCUT2D eigenvalue weighted by Gasteiger charge is -2.32. The Morgan fingerprint density at radius 1 is 0.935 bits per heavy atom. The van der Waals surface area contributed by atoms with Crippen molar-refractivity contribution in [2.24, 2.45) is 0 Å². The van der Waals surface area contributed by atoms with Gasteiger partial charge in [0.15, 0.2) is 4.75 Å². The van der Waals surface area contributed by atoms with Crippen LogP contribution in [0.1, 0.15) is 24.5 Å². The molecule has 168 valence electrons. The second-order valence-electron chi connectivity index (χ2n) is 7.18. The number of rotatable bonds is 11. The molecule has 1 atom stereocenters. The molecule has 0 saturated carbocycles. The third-order valence-corrected chi connectivity index (χ3v) is 7.51. The predicted molar refractivity (Wildman–Crippen MR) is 119 cm³/mol. The highest BCUT2D eigenvalue weighted by molar-refractivity contribution is 7.91. The topological polar surface area (TPSA) is 82.1 Å². The van der Waals surface area contributed by atoms with Gasteiger partial charge >= 0.3 is 5.97 Å². The number of carbonyl (C=O) groups is 1. The summed E-state index contributed by atoms with van der Waals surface area (Å²) in [4.78, 5) is 12.5. The Hall–Kier alpha value is -2.84. The van der Waals surface area contributed by atoms with Gasteiger partial charge in [-0.15, -0.1) is 6.58 Å². The van der Waals surface area contributed by atoms with Crippen LogP contribution in [0.4, 0.5) is 0 Å². The second kappa shape index (κ2) is 10.5. The summed E-state index contributed by atoms with van der Waals surface area (Å²) in [5, 5.41) is 0. The van der Waals surface area contributed by atoms with Crippen molar-refractivity contribution in [2.45, 2.75) is 31.2 Å². The van der Waals surface area contributed by atoms with Crippen LogP contribution in [0.2, 0.25) is 0 Å². The second-order valence-corrected chi connectivity index (χ2v) is 9.55. The number of nitrogens with zero attached hydrogens (tertiary/aromatic N) is 1. The van der Waals surface area contributed by atoms with Crippen molar-refractivity contribution >= 4 is 16.0 Å². The molecule has 0 spiro atoms. The number of benzene rings is 2. The van der Waals surface area contributed by atoms with Crippen molar-refractivity contribution in [1.29, 1.82) is 0 Å². The zero-order valence-corrected chi connectivity index (χ0v) is 19.1. The molecule has 0 saturated heterocycles. The van der Waals surface area contributed by atoms with Crippen molar-refractivity contribution in [2.75, 3.05) is 21.3 Å². The first-order valence-corrected chi connectivity index (χ1v) is 11.1. The van der Waals surface area contributed by atoms with Crippen LogP contribution >= 0.6 is 0 Å². The third-order valence-electron chi connectivity index (χ3n) is 5.10. The Bertz CT molecular complexity index is 936. The summed E-state index contributed by atoms with van der Waals surface area (Å²) < 4.78 is 42.1. The molecule has 0 aliphatic rings. The van der Waals surface area contributed by atoms with E-state index in [1.807, 2.05) is 0 Å². The number of hydrogen-bond acceptors (Lipinski definition) is 6. The first-order valence-electron chi connectivity index (χ1n) is 9.66. The Labute approximate surface area is 184 Å². The van der Waals surface area contributed by atoms with Crippen LogP contribution in [0, 0.1) is 0 Å². The zero-order chi connectivity index (χ0) is 23.1. The Balaban J connectivity index is 2.48. The fourth-order valence-electron chi connectivity index (χ4n) is 3.17. The summed E-state index contributed by atoms with van der Waals surface area (Å²) in [5.41, 5.74) is 1.51. The molecule has 2 aromatic carbocycles. The van der Waals surface area contributed by atoms with Gasteiger partial charge < -0.3 is 14.2 Å². The Morgan fingerprint density at radius 3 is 1.68 bits per heavy atom. The molecular weight excluding hydrogens is 418 g/mol. The number of sulfonamides is 1. The van der Waals surface area contributed by atoms with Crippen LogP contribution in [0.5, 0.6) is 11.5 Å². The van der Waals surface area contributed by atoms with Gasteiger partial charge in [-0.3, -0.25) is 4.79 Å². The fourth-order valence-corrected chi connectivity index (χ4v) is 5.00. The molecule has 0 unspecified atom stereocenters. The van der Waals surface area contributed by atoms with Gasteiger partial charge in [0.05, 0.1) is 21.3 Å². The van der Waals surface area contributed by atoms with Crippen LogP contribution in [0.3, 0.4) is 0 Å². The van der Waals surface area contributed by atoms with Gasteiger partial charge in [0, 0.05) is 13.1 Å². The minimum absolute atomic E-state index is 0.0715. The Morgan fingerprint density at radius 2 is 1.35 bits per heavy atom. The highest BCUT2D eigenvalue weighted by Gasteiger charge is 2.49. The molecule has 0 heterocycles. The minimum Gasteiger partial charge on any atom is -0.497 e. The van der Waals surface area contributed by atoms with E-state index in [1.165, 1.54) is 24.4 Å². The number of carbonyl (C=O) groups excluding carboxylic acids is 1. The van der Waals surface area contributed by atoms with Crippen molar-refractivity contribution < 1.29 is 27.4 Å². The largest absolute Gasteiger partial charge is 0.497 e. The van der Waals surface area contributed by atoms with Gasteiger partial charge in [-0.05, 0) is 48.7 Å². The third kappa shape index (κ3) is 5.45. The molecule has 0 amide bonds. The normalized spacial score (nSPS) is 13.3. The lowest BCUT2D eigenvalue weighted by molar-refractivity contribution is -0.143. The van der Waals surface area contributed by atoms with Gasteiger partial charge in [-0.2, -0.15) is 4.31 Å². The van der Waals surface area contributed by atoms with Crippen molar-refractivity contribution in [3.8, 4) is 11.5 Å². The number of ether oxygens (including phenoxy) is 3. The van der Waals surface area contributed by atoms with Crippen LogP contribution in [0.15, 0.2) is 61.2 Å². The maximum atomic E-state index is 13.7. The van der Waals surface area contributed by atoms with Crippen LogP contribution in [-0.2, 0) is 32.6 Å². The van der Waals surface area contributed by atoms with Gasteiger partial charge in [-0.1, -0.05) is 30.3 Å². The monoisotopic (exact) mass is 447 g/mol. The highest BCUT2D eigenvalue weighted by atomic mass is 32.2. The number of methoxy groups -OCH3 is 3. The van der Waals surface area contributed by atoms with E-state index < -0.39 is 20.7 Å². The van der Waals surface area contributed by atoms with Crippen LogP contribution < -0.4 is 9.47 Å². The summed E-state index contributed by atoms with van der Waals surface area (Å²) in [6.45, 7) is 5.13. The van der Waals surface area contributed by atoms with E-state index in [0.29, 0.717) is 11.5 Å². The lowest BCUT2D eigenvalue weighted by Crippen LogP contribution is -2.51. The number of hydrogen-bond donors (Lipinski definition) is 0. The zero-order valence-electron chi connectivity index (χ0n) is 18.3. The summed E-state index contributed by atoms with van der Waals surface area (Å²) in [6.07, 6.45) is 1.33. The molecule has 7 nitrogen and oxygen atoms in total. The smallest absolute Gasteiger partial charge is 0.328 e. The van der Waals surface area contributed by atoms with Gasteiger partial charge in [0.1, 0.15) is 11.5 Å². The molecule has 31 heavy (non-hydrogen) atoms. The van der Waals surface area contributed by atoms with E-state index >= 15 is 0 Å². The Kier molecular flexibility index (Phi) is 8.24. The predicted octanol–water partition coefficient (Wildman–Crippen LogP) is 3.54. The van der Waals surface area contributed by atoms with Crippen LogP contribution in [-0.4, -0.2) is 44.8 Å². The summed E-state index contributed by atoms with van der Waals surface area (Å²) in [7, 11) is 0.162. The number of allylic oxidation sites excluding steroid dienone is 1. The molecule has 0 aromatic heterocycles. The quantitative estimate of drug-likeness (QED) is 0.387. The summed E-state index contributed by atoms with van der Waals surface area (Å²) in [6, 6.07) is 14.2. The molecule has 8 heteroatoms. The SMILES string of the molecule is C=CC[C@](C)(C(=O)OC)S(=O)(=O)N(Cc1ccc(OC)cc1)Cc1ccc(OC)cc1. The first kappa shape index (κ1) is 24.4. The van der Waals surface area contributed by atoms with E-state index in [0.717, 1.165) is 11.1 Å². The van der Waals surface area contributed by atoms with Gasteiger partial charge in [0.25, 0.3) is 0 Å². The van der Waals surface area contributed by atoms with E-state index in [9.17, 15) is 13.2 Å². The number of esters is 1.